The fourth-order valence-electron chi connectivity index (χ4n) is 2.51. The first-order chi connectivity index (χ1) is 9.19. The van der Waals surface area contributed by atoms with Crippen LogP contribution in [0, 0.1) is 0 Å². The number of aliphatic hydroxyl groups is 1. The van der Waals surface area contributed by atoms with Crippen molar-refractivity contribution >= 4 is 15.9 Å². The highest BCUT2D eigenvalue weighted by Gasteiger charge is 2.18. The zero-order chi connectivity index (χ0) is 13.7. The van der Waals surface area contributed by atoms with Crippen LogP contribution in [0.15, 0.2) is 22.7 Å². The van der Waals surface area contributed by atoms with Crippen LogP contribution >= 0.6 is 15.9 Å². The first kappa shape index (κ1) is 14.8. The van der Waals surface area contributed by atoms with Crippen LogP contribution in [0.3, 0.4) is 0 Å². The van der Waals surface area contributed by atoms with Crippen molar-refractivity contribution in [2.45, 2.75) is 44.3 Å². The van der Waals surface area contributed by atoms with E-state index in [4.69, 9.17) is 9.47 Å². The van der Waals surface area contributed by atoms with Crippen LogP contribution in [-0.4, -0.2) is 31.0 Å². The number of rotatable bonds is 6. The van der Waals surface area contributed by atoms with Crippen molar-refractivity contribution in [1.29, 1.82) is 0 Å². The maximum Gasteiger partial charge on any atom is 0.122 e. The highest BCUT2D eigenvalue weighted by atomic mass is 79.9. The molecular formula is C15H21BrO3. The van der Waals surface area contributed by atoms with Crippen molar-refractivity contribution in [2.75, 3.05) is 13.7 Å². The third kappa shape index (κ3) is 4.48. The molecule has 1 N–H and O–H groups in total. The molecule has 2 unspecified atom stereocenters. The lowest BCUT2D eigenvalue weighted by Crippen LogP contribution is -2.15. The molecule has 0 bridgehead atoms. The maximum atomic E-state index is 10.1. The molecule has 0 aromatic heterocycles. The largest absolute Gasteiger partial charge is 0.496 e. The summed E-state index contributed by atoms with van der Waals surface area (Å²) >= 11 is 3.45. The van der Waals surface area contributed by atoms with Crippen LogP contribution in [-0.2, 0) is 11.2 Å². The molecule has 0 radical (unpaired) electrons. The van der Waals surface area contributed by atoms with Crippen molar-refractivity contribution in [3.05, 3.63) is 28.2 Å². The normalized spacial score (nSPS) is 20.5. The average molecular weight is 329 g/mol. The molecule has 0 aliphatic carbocycles. The highest BCUT2D eigenvalue weighted by molar-refractivity contribution is 9.10. The standard InChI is InChI=1S/C15H21BrO3/c1-18-15-7-4-12(16)9-11(15)10-13(17)5-6-14-3-2-8-19-14/h4,7,9,13-14,17H,2-3,5-6,8,10H2,1H3. The van der Waals surface area contributed by atoms with Gasteiger partial charge in [0.1, 0.15) is 5.75 Å². The minimum Gasteiger partial charge on any atom is -0.496 e. The molecule has 19 heavy (non-hydrogen) atoms. The van der Waals surface area contributed by atoms with Crippen LogP contribution in [0.25, 0.3) is 0 Å². The summed E-state index contributed by atoms with van der Waals surface area (Å²) in [5, 5.41) is 10.1. The molecule has 2 rings (SSSR count). The molecule has 2 atom stereocenters. The molecule has 0 spiro atoms. The van der Waals surface area contributed by atoms with Gasteiger partial charge in [0, 0.05) is 17.5 Å². The van der Waals surface area contributed by atoms with Crippen LogP contribution in [0.4, 0.5) is 0 Å². The zero-order valence-corrected chi connectivity index (χ0v) is 12.9. The van der Waals surface area contributed by atoms with Gasteiger partial charge in [-0.25, -0.2) is 0 Å². The van der Waals surface area contributed by atoms with Gasteiger partial charge in [0.05, 0.1) is 19.3 Å². The smallest absolute Gasteiger partial charge is 0.122 e. The van der Waals surface area contributed by atoms with E-state index in [1.54, 1.807) is 7.11 Å². The van der Waals surface area contributed by atoms with Crippen molar-refractivity contribution in [1.82, 2.24) is 0 Å². The summed E-state index contributed by atoms with van der Waals surface area (Å²) in [6.07, 6.45) is 4.63. The summed E-state index contributed by atoms with van der Waals surface area (Å²) in [7, 11) is 1.66. The Morgan fingerprint density at radius 2 is 2.37 bits per heavy atom. The Balaban J connectivity index is 1.86. The van der Waals surface area contributed by atoms with Crippen LogP contribution in [0.5, 0.6) is 5.75 Å². The van der Waals surface area contributed by atoms with Gasteiger partial charge in [-0.15, -0.1) is 0 Å². The zero-order valence-electron chi connectivity index (χ0n) is 11.3. The third-order valence-corrected chi connectivity index (χ3v) is 4.04. The van der Waals surface area contributed by atoms with E-state index in [2.05, 4.69) is 15.9 Å². The molecule has 1 fully saturated rings. The summed E-state index contributed by atoms with van der Waals surface area (Å²) < 4.78 is 11.9. The lowest BCUT2D eigenvalue weighted by molar-refractivity contribution is 0.0811. The van der Waals surface area contributed by atoms with Crippen molar-refractivity contribution in [3.8, 4) is 5.75 Å². The highest BCUT2D eigenvalue weighted by Crippen LogP contribution is 2.25. The van der Waals surface area contributed by atoms with E-state index in [-0.39, 0.29) is 6.10 Å². The second-order valence-corrected chi connectivity index (χ2v) is 5.94. The Hall–Kier alpha value is -0.580. The first-order valence-corrected chi connectivity index (χ1v) is 7.60. The van der Waals surface area contributed by atoms with E-state index < -0.39 is 0 Å². The molecular weight excluding hydrogens is 308 g/mol. The van der Waals surface area contributed by atoms with Crippen molar-refractivity contribution in [3.63, 3.8) is 0 Å². The van der Waals surface area contributed by atoms with Gasteiger partial charge in [-0.2, -0.15) is 0 Å². The van der Waals surface area contributed by atoms with E-state index in [0.29, 0.717) is 12.5 Å². The van der Waals surface area contributed by atoms with Gasteiger partial charge >= 0.3 is 0 Å². The summed E-state index contributed by atoms with van der Waals surface area (Å²) in [5.74, 6) is 0.833. The summed E-state index contributed by atoms with van der Waals surface area (Å²) in [4.78, 5) is 0. The van der Waals surface area contributed by atoms with Crippen molar-refractivity contribution in [2.24, 2.45) is 0 Å². The van der Waals surface area contributed by atoms with E-state index in [0.717, 1.165) is 48.1 Å². The van der Waals surface area contributed by atoms with Gasteiger partial charge in [-0.1, -0.05) is 15.9 Å². The van der Waals surface area contributed by atoms with Gasteiger partial charge in [-0.3, -0.25) is 0 Å². The lowest BCUT2D eigenvalue weighted by Gasteiger charge is -2.15. The van der Waals surface area contributed by atoms with Gasteiger partial charge in [0.2, 0.25) is 0 Å². The van der Waals surface area contributed by atoms with Crippen LogP contribution < -0.4 is 4.74 Å². The molecule has 0 saturated carbocycles. The van der Waals surface area contributed by atoms with E-state index >= 15 is 0 Å². The molecule has 0 amide bonds. The summed E-state index contributed by atoms with van der Waals surface area (Å²) in [6.45, 7) is 0.875. The topological polar surface area (TPSA) is 38.7 Å². The Kier molecular flexibility index (Phi) is 5.67. The summed E-state index contributed by atoms with van der Waals surface area (Å²) in [5.41, 5.74) is 1.04. The number of halogens is 1. The van der Waals surface area contributed by atoms with E-state index in [1.807, 2.05) is 18.2 Å². The average Bonchev–Trinajstić information content (AvgIpc) is 2.90. The SMILES string of the molecule is COc1ccc(Br)cc1CC(O)CCC1CCCO1. The molecule has 1 saturated heterocycles. The van der Waals surface area contributed by atoms with Crippen molar-refractivity contribution < 1.29 is 14.6 Å². The molecule has 4 heteroatoms. The quantitative estimate of drug-likeness (QED) is 0.870. The molecule has 1 aliphatic heterocycles. The molecule has 1 heterocycles. The van der Waals surface area contributed by atoms with Gasteiger partial charge in [-0.05, 0) is 49.4 Å². The number of aliphatic hydroxyl groups excluding tert-OH is 1. The number of ether oxygens (including phenoxy) is 2. The Morgan fingerprint density at radius 1 is 1.53 bits per heavy atom. The number of methoxy groups -OCH3 is 1. The molecule has 3 nitrogen and oxygen atoms in total. The molecule has 1 aromatic rings. The van der Waals surface area contributed by atoms with Crippen LogP contribution in [0.1, 0.15) is 31.2 Å². The minimum absolute atomic E-state index is 0.340. The van der Waals surface area contributed by atoms with E-state index in [1.165, 1.54) is 0 Å². The lowest BCUT2D eigenvalue weighted by atomic mass is 10.0. The molecule has 1 aromatic carbocycles. The van der Waals surface area contributed by atoms with Gasteiger partial charge in [0.25, 0.3) is 0 Å². The second-order valence-electron chi connectivity index (χ2n) is 5.03. The predicted molar refractivity (Wildman–Crippen MR) is 78.6 cm³/mol. The first-order valence-electron chi connectivity index (χ1n) is 6.81. The monoisotopic (exact) mass is 328 g/mol. The Bertz CT molecular complexity index is 402. The fraction of sp³-hybridized carbons (Fsp3) is 0.600. The Labute approximate surface area is 123 Å². The maximum absolute atomic E-state index is 10.1. The van der Waals surface area contributed by atoms with Gasteiger partial charge in [0.15, 0.2) is 0 Å². The number of hydrogen-bond acceptors (Lipinski definition) is 3. The summed E-state index contributed by atoms with van der Waals surface area (Å²) in [6, 6.07) is 5.88. The fourth-order valence-corrected chi connectivity index (χ4v) is 2.92. The van der Waals surface area contributed by atoms with E-state index in [9.17, 15) is 5.11 Å². The van der Waals surface area contributed by atoms with Gasteiger partial charge < -0.3 is 14.6 Å². The Morgan fingerprint density at radius 3 is 3.05 bits per heavy atom. The number of hydrogen-bond donors (Lipinski definition) is 1. The third-order valence-electron chi connectivity index (χ3n) is 3.54. The number of benzene rings is 1. The predicted octanol–water partition coefficient (Wildman–Crippen LogP) is 3.32. The minimum atomic E-state index is -0.340. The second kappa shape index (κ2) is 7.27. The van der Waals surface area contributed by atoms with Crippen LogP contribution in [0.2, 0.25) is 0 Å². The molecule has 106 valence electrons. The molecule has 1 aliphatic rings.